The molecule has 168 valence electrons. The van der Waals surface area contributed by atoms with Crippen molar-refractivity contribution in [2.45, 2.75) is 36.9 Å². The molecule has 0 radical (unpaired) electrons. The molecule has 0 atom stereocenters. The second-order valence-electron chi connectivity index (χ2n) is 8.39. The monoisotopic (exact) mass is 445 g/mol. The van der Waals surface area contributed by atoms with E-state index in [-0.39, 0.29) is 11.2 Å². The maximum Gasteiger partial charge on any atom is 0.220 e. The van der Waals surface area contributed by atoms with Crippen molar-refractivity contribution in [2.75, 3.05) is 39.8 Å². The molecule has 1 aliphatic heterocycles. The van der Waals surface area contributed by atoms with Crippen LogP contribution >= 0.6 is 0 Å². The Morgan fingerprint density at radius 3 is 2.45 bits per heavy atom. The molecule has 4 rings (SSSR count). The van der Waals surface area contributed by atoms with Gasteiger partial charge in [-0.15, -0.1) is 0 Å². The molecule has 0 bridgehead atoms. The predicted octanol–water partition coefficient (Wildman–Crippen LogP) is 2.21. The van der Waals surface area contributed by atoms with Gasteiger partial charge in [0.05, 0.1) is 5.69 Å². The molecule has 31 heavy (non-hydrogen) atoms. The SMILES string of the molecule is CN=C(NCC1(c2ccccc2)CCCC1)N1CCN(S(=O)(=O)Cc2ccon2)CC1. The van der Waals surface area contributed by atoms with Gasteiger partial charge in [0.1, 0.15) is 12.0 Å². The Morgan fingerprint density at radius 2 is 1.84 bits per heavy atom. The summed E-state index contributed by atoms with van der Waals surface area (Å²) in [5.74, 6) is 0.714. The highest BCUT2D eigenvalue weighted by atomic mass is 32.2. The van der Waals surface area contributed by atoms with Crippen molar-refractivity contribution in [1.29, 1.82) is 0 Å². The van der Waals surface area contributed by atoms with Gasteiger partial charge in [-0.05, 0) is 18.4 Å². The van der Waals surface area contributed by atoms with Crippen LogP contribution in [0.4, 0.5) is 0 Å². The number of guanidine groups is 1. The first-order valence-corrected chi connectivity index (χ1v) is 12.5. The summed E-state index contributed by atoms with van der Waals surface area (Å²) in [4.78, 5) is 6.64. The van der Waals surface area contributed by atoms with E-state index in [1.165, 1.54) is 41.8 Å². The van der Waals surface area contributed by atoms with E-state index in [1.807, 2.05) is 0 Å². The number of hydrogen-bond acceptors (Lipinski definition) is 5. The van der Waals surface area contributed by atoms with E-state index in [2.05, 4.69) is 50.7 Å². The Hall–Kier alpha value is -2.39. The average Bonchev–Trinajstić information content (AvgIpc) is 3.48. The third-order valence-corrected chi connectivity index (χ3v) is 8.31. The number of aliphatic imine (C=N–C) groups is 1. The molecule has 2 fully saturated rings. The fourth-order valence-electron chi connectivity index (χ4n) is 4.76. The minimum Gasteiger partial charge on any atom is -0.364 e. The molecule has 1 aromatic heterocycles. The molecule has 1 N–H and O–H groups in total. The van der Waals surface area contributed by atoms with Crippen LogP contribution in [0, 0.1) is 0 Å². The van der Waals surface area contributed by atoms with Gasteiger partial charge in [0.2, 0.25) is 10.0 Å². The number of aromatic nitrogens is 1. The highest BCUT2D eigenvalue weighted by molar-refractivity contribution is 7.88. The topological polar surface area (TPSA) is 91.0 Å². The summed E-state index contributed by atoms with van der Waals surface area (Å²) in [5.41, 5.74) is 1.96. The van der Waals surface area contributed by atoms with Gasteiger partial charge in [-0.3, -0.25) is 4.99 Å². The third kappa shape index (κ3) is 4.93. The van der Waals surface area contributed by atoms with Crippen LogP contribution in [0.1, 0.15) is 36.9 Å². The van der Waals surface area contributed by atoms with E-state index in [4.69, 9.17) is 4.52 Å². The second kappa shape index (κ2) is 9.40. The van der Waals surface area contributed by atoms with Crippen molar-refractivity contribution in [3.8, 4) is 0 Å². The number of sulfonamides is 1. The average molecular weight is 446 g/mol. The lowest BCUT2D eigenvalue weighted by Crippen LogP contribution is -2.55. The van der Waals surface area contributed by atoms with Crippen molar-refractivity contribution < 1.29 is 12.9 Å². The van der Waals surface area contributed by atoms with E-state index in [0.29, 0.717) is 31.9 Å². The second-order valence-corrected chi connectivity index (χ2v) is 10.4. The molecule has 9 heteroatoms. The lowest BCUT2D eigenvalue weighted by molar-refractivity contribution is 0.258. The lowest BCUT2D eigenvalue weighted by atomic mass is 9.79. The number of nitrogens with one attached hydrogen (secondary N) is 1. The highest BCUT2D eigenvalue weighted by Gasteiger charge is 2.36. The maximum atomic E-state index is 12.7. The molecule has 1 aromatic carbocycles. The fourth-order valence-corrected chi connectivity index (χ4v) is 6.18. The highest BCUT2D eigenvalue weighted by Crippen LogP contribution is 2.40. The Balaban J connectivity index is 1.35. The molecule has 1 aliphatic carbocycles. The van der Waals surface area contributed by atoms with E-state index in [0.717, 1.165) is 12.5 Å². The minimum absolute atomic E-state index is 0.129. The lowest BCUT2D eigenvalue weighted by Gasteiger charge is -2.37. The quantitative estimate of drug-likeness (QED) is 0.542. The van der Waals surface area contributed by atoms with Gasteiger partial charge in [0.25, 0.3) is 0 Å². The fraction of sp³-hybridized carbons (Fsp3) is 0.545. The molecular weight excluding hydrogens is 414 g/mol. The van der Waals surface area contributed by atoms with Crippen LogP contribution in [-0.2, 0) is 21.2 Å². The van der Waals surface area contributed by atoms with Gasteiger partial charge in [0, 0.05) is 51.3 Å². The van der Waals surface area contributed by atoms with Crippen LogP contribution in [0.3, 0.4) is 0 Å². The Labute approximate surface area is 184 Å². The van der Waals surface area contributed by atoms with Crippen molar-refractivity contribution in [3.63, 3.8) is 0 Å². The molecule has 0 amide bonds. The zero-order chi connectivity index (χ0) is 21.7. The largest absolute Gasteiger partial charge is 0.364 e. The van der Waals surface area contributed by atoms with Crippen molar-refractivity contribution >= 4 is 16.0 Å². The van der Waals surface area contributed by atoms with Gasteiger partial charge in [-0.2, -0.15) is 4.31 Å². The van der Waals surface area contributed by atoms with Crippen LogP contribution in [0.15, 0.2) is 52.2 Å². The zero-order valence-electron chi connectivity index (χ0n) is 18.0. The summed E-state index contributed by atoms with van der Waals surface area (Å²) < 4.78 is 31.6. The molecule has 2 heterocycles. The van der Waals surface area contributed by atoms with Crippen molar-refractivity contribution in [1.82, 2.24) is 19.7 Å². The van der Waals surface area contributed by atoms with Gasteiger partial charge < -0.3 is 14.7 Å². The molecule has 0 unspecified atom stereocenters. The number of piperazine rings is 1. The Bertz CT molecular complexity index is 962. The standard InChI is InChI=1S/C22H31N5O3S/c1-23-21(24-18-22(10-5-6-11-22)19-7-3-2-4-8-19)26-12-14-27(15-13-26)31(28,29)17-20-9-16-30-25-20/h2-4,7-9,16H,5-6,10-15,17-18H2,1H3,(H,23,24). The van der Waals surface area contributed by atoms with Gasteiger partial charge in [0.15, 0.2) is 5.96 Å². The maximum absolute atomic E-state index is 12.7. The molecule has 8 nitrogen and oxygen atoms in total. The summed E-state index contributed by atoms with van der Waals surface area (Å²) in [6.07, 6.45) is 6.24. The summed E-state index contributed by atoms with van der Waals surface area (Å²) in [6, 6.07) is 12.3. The van der Waals surface area contributed by atoms with Crippen LogP contribution in [-0.4, -0.2) is 68.5 Å². The Kier molecular flexibility index (Phi) is 6.62. The summed E-state index contributed by atoms with van der Waals surface area (Å²) in [7, 11) is -1.62. The predicted molar refractivity (Wildman–Crippen MR) is 120 cm³/mol. The molecule has 1 saturated heterocycles. The van der Waals surface area contributed by atoms with Crippen molar-refractivity contribution in [3.05, 3.63) is 53.9 Å². The number of rotatable bonds is 6. The molecule has 0 spiro atoms. The molecule has 1 saturated carbocycles. The molecular formula is C22H31N5O3S. The number of benzene rings is 1. The van der Waals surface area contributed by atoms with Crippen LogP contribution < -0.4 is 5.32 Å². The summed E-state index contributed by atoms with van der Waals surface area (Å²) >= 11 is 0. The first-order chi connectivity index (χ1) is 15.0. The van der Waals surface area contributed by atoms with Gasteiger partial charge >= 0.3 is 0 Å². The molecule has 2 aliphatic rings. The van der Waals surface area contributed by atoms with Crippen molar-refractivity contribution in [2.24, 2.45) is 4.99 Å². The number of hydrogen-bond donors (Lipinski definition) is 1. The smallest absolute Gasteiger partial charge is 0.220 e. The third-order valence-electron chi connectivity index (χ3n) is 6.50. The summed E-state index contributed by atoms with van der Waals surface area (Å²) in [5, 5.41) is 7.32. The van der Waals surface area contributed by atoms with E-state index in [9.17, 15) is 8.42 Å². The number of nitrogens with zero attached hydrogens (tertiary/aromatic N) is 4. The van der Waals surface area contributed by atoms with Gasteiger partial charge in [-0.1, -0.05) is 48.3 Å². The van der Waals surface area contributed by atoms with Crippen LogP contribution in [0.5, 0.6) is 0 Å². The van der Waals surface area contributed by atoms with Crippen LogP contribution in [0.25, 0.3) is 0 Å². The van der Waals surface area contributed by atoms with E-state index in [1.54, 1.807) is 13.1 Å². The first-order valence-electron chi connectivity index (χ1n) is 10.9. The van der Waals surface area contributed by atoms with Crippen LogP contribution in [0.2, 0.25) is 0 Å². The molecule has 2 aromatic rings. The minimum atomic E-state index is -3.41. The zero-order valence-corrected chi connectivity index (χ0v) is 18.9. The first kappa shape index (κ1) is 21.8. The normalized spacial score (nSPS) is 20.2. The summed E-state index contributed by atoms with van der Waals surface area (Å²) in [6.45, 7) is 2.93. The Morgan fingerprint density at radius 1 is 1.13 bits per heavy atom. The van der Waals surface area contributed by atoms with E-state index < -0.39 is 10.0 Å². The van der Waals surface area contributed by atoms with E-state index >= 15 is 0 Å². The van der Waals surface area contributed by atoms with Gasteiger partial charge in [-0.25, -0.2) is 8.42 Å².